The van der Waals surface area contributed by atoms with Gasteiger partial charge in [-0.3, -0.25) is 9.36 Å². The summed E-state index contributed by atoms with van der Waals surface area (Å²) in [5, 5.41) is 0. The van der Waals surface area contributed by atoms with Crippen LogP contribution in [0, 0.1) is 0 Å². The Hall–Kier alpha value is -3.43. The Bertz CT molecular complexity index is 1520. The summed E-state index contributed by atoms with van der Waals surface area (Å²) in [6.45, 7) is 5.39. The van der Waals surface area contributed by atoms with Crippen molar-refractivity contribution in [3.05, 3.63) is 102 Å². The third kappa shape index (κ3) is 4.87. The fourth-order valence-corrected chi connectivity index (χ4v) is 5.34. The van der Waals surface area contributed by atoms with Crippen molar-refractivity contribution in [2.45, 2.75) is 13.0 Å². The minimum Gasteiger partial charge on any atom is -0.493 e. The van der Waals surface area contributed by atoms with Crippen LogP contribution in [0.25, 0.3) is 6.08 Å². The molecule has 0 fully saturated rings. The van der Waals surface area contributed by atoms with Gasteiger partial charge in [-0.05, 0) is 48.4 Å². The predicted molar refractivity (Wildman–Crippen MR) is 139 cm³/mol. The van der Waals surface area contributed by atoms with E-state index in [-0.39, 0.29) is 17.7 Å². The number of allylic oxidation sites excluding steroid dienone is 1. The smallest absolute Gasteiger partial charge is 0.338 e. The second kappa shape index (κ2) is 10.5. The number of carbonyl (C=O) groups is 1. The van der Waals surface area contributed by atoms with Gasteiger partial charge in [-0.15, -0.1) is 0 Å². The van der Waals surface area contributed by atoms with Crippen molar-refractivity contribution in [3.63, 3.8) is 0 Å². The number of methoxy groups -OCH3 is 2. The van der Waals surface area contributed by atoms with E-state index in [9.17, 15) is 9.59 Å². The van der Waals surface area contributed by atoms with Crippen molar-refractivity contribution in [3.8, 4) is 11.5 Å². The largest absolute Gasteiger partial charge is 0.493 e. The van der Waals surface area contributed by atoms with Crippen LogP contribution < -0.4 is 24.4 Å². The summed E-state index contributed by atoms with van der Waals surface area (Å²) >= 11 is 4.73. The van der Waals surface area contributed by atoms with Crippen LogP contribution in [0.5, 0.6) is 11.5 Å². The molecule has 0 spiro atoms. The van der Waals surface area contributed by atoms with E-state index in [0.717, 1.165) is 10.0 Å². The van der Waals surface area contributed by atoms with Crippen LogP contribution >= 0.6 is 27.3 Å². The van der Waals surface area contributed by atoms with E-state index in [1.807, 2.05) is 30.3 Å². The summed E-state index contributed by atoms with van der Waals surface area (Å²) < 4.78 is 19.2. The Labute approximate surface area is 214 Å². The van der Waals surface area contributed by atoms with Crippen LogP contribution in [0.2, 0.25) is 0 Å². The van der Waals surface area contributed by atoms with Crippen LogP contribution in [0.4, 0.5) is 0 Å². The number of hydrogen-bond donors (Lipinski definition) is 0. The standard InChI is InChI=1S/C26H23BrN2O5S/c1-5-11-34-25(31)22-15(2)28-26-29(23(22)17-9-10-19(32-3)20(14-17)33-4)24(30)21(35-26)13-16-7-6-8-18(27)12-16/h5-10,12-14,23H,1,11H2,2-4H3/b21-13-/t23-/m0/s1. The molecule has 1 aliphatic rings. The predicted octanol–water partition coefficient (Wildman–Crippen LogP) is 3.74. The molecule has 9 heteroatoms. The van der Waals surface area contributed by atoms with Gasteiger partial charge in [-0.25, -0.2) is 9.79 Å². The summed E-state index contributed by atoms with van der Waals surface area (Å²) in [6.07, 6.45) is 3.31. The first-order valence-electron chi connectivity index (χ1n) is 10.7. The fraction of sp³-hybridized carbons (Fsp3) is 0.192. The Kier molecular flexibility index (Phi) is 7.37. The zero-order chi connectivity index (χ0) is 25.1. The van der Waals surface area contributed by atoms with Gasteiger partial charge in [0.15, 0.2) is 16.3 Å². The number of ether oxygens (including phenoxy) is 3. The zero-order valence-electron chi connectivity index (χ0n) is 19.4. The zero-order valence-corrected chi connectivity index (χ0v) is 21.8. The first-order valence-corrected chi connectivity index (χ1v) is 12.3. The van der Waals surface area contributed by atoms with Crippen LogP contribution in [0.15, 0.2) is 80.6 Å². The van der Waals surface area contributed by atoms with Crippen LogP contribution in [-0.2, 0) is 9.53 Å². The van der Waals surface area contributed by atoms with Crippen molar-refractivity contribution in [1.82, 2.24) is 4.57 Å². The molecule has 0 amide bonds. The first-order chi connectivity index (χ1) is 16.9. The summed E-state index contributed by atoms with van der Waals surface area (Å²) in [6, 6.07) is 12.2. The van der Waals surface area contributed by atoms with Crippen molar-refractivity contribution in [2.24, 2.45) is 4.99 Å². The topological polar surface area (TPSA) is 79.1 Å². The highest BCUT2D eigenvalue weighted by Gasteiger charge is 2.34. The van der Waals surface area contributed by atoms with Gasteiger partial charge in [0.1, 0.15) is 6.61 Å². The summed E-state index contributed by atoms with van der Waals surface area (Å²) in [5.74, 6) is 0.455. The van der Waals surface area contributed by atoms with Gasteiger partial charge in [0.2, 0.25) is 0 Å². The molecular formula is C26H23BrN2O5S. The quantitative estimate of drug-likeness (QED) is 0.328. The number of nitrogens with zero attached hydrogens (tertiary/aromatic N) is 2. The maximum atomic E-state index is 13.7. The number of fused-ring (bicyclic) bond motifs is 1. The Balaban J connectivity index is 1.96. The van der Waals surface area contributed by atoms with E-state index in [4.69, 9.17) is 14.2 Å². The van der Waals surface area contributed by atoms with Gasteiger partial charge in [0.25, 0.3) is 5.56 Å². The lowest BCUT2D eigenvalue weighted by Gasteiger charge is -2.25. The summed E-state index contributed by atoms with van der Waals surface area (Å²) in [5.41, 5.74) is 2.04. The molecule has 3 aromatic rings. The molecule has 1 aliphatic heterocycles. The second-order valence-corrected chi connectivity index (χ2v) is 9.56. The average molecular weight is 555 g/mol. The molecule has 0 N–H and O–H groups in total. The van der Waals surface area contributed by atoms with Gasteiger partial charge in [-0.2, -0.15) is 0 Å². The molecule has 180 valence electrons. The molecule has 2 aromatic carbocycles. The van der Waals surface area contributed by atoms with E-state index in [2.05, 4.69) is 27.5 Å². The van der Waals surface area contributed by atoms with E-state index in [1.165, 1.54) is 29.1 Å². The molecule has 0 radical (unpaired) electrons. The number of benzene rings is 2. The molecule has 0 saturated heterocycles. The van der Waals surface area contributed by atoms with Crippen molar-refractivity contribution in [1.29, 1.82) is 0 Å². The number of aromatic nitrogens is 1. The lowest BCUT2D eigenvalue weighted by Crippen LogP contribution is -2.40. The normalized spacial score (nSPS) is 15.3. The highest BCUT2D eigenvalue weighted by atomic mass is 79.9. The van der Waals surface area contributed by atoms with Gasteiger partial charge >= 0.3 is 5.97 Å². The third-order valence-corrected chi connectivity index (χ3v) is 6.92. The Morgan fingerprint density at radius 3 is 2.66 bits per heavy atom. The molecule has 7 nitrogen and oxygen atoms in total. The molecule has 1 aromatic heterocycles. The first kappa shape index (κ1) is 24.7. The average Bonchev–Trinajstić information content (AvgIpc) is 3.15. The molecule has 0 aliphatic carbocycles. The van der Waals surface area contributed by atoms with Crippen molar-refractivity contribution >= 4 is 39.3 Å². The maximum Gasteiger partial charge on any atom is 0.338 e. The summed E-state index contributed by atoms with van der Waals surface area (Å²) in [4.78, 5) is 31.9. The number of hydrogen-bond acceptors (Lipinski definition) is 7. The third-order valence-electron chi connectivity index (χ3n) is 5.44. The van der Waals surface area contributed by atoms with E-state index >= 15 is 0 Å². The monoisotopic (exact) mass is 554 g/mol. The maximum absolute atomic E-state index is 13.7. The molecule has 2 heterocycles. The van der Waals surface area contributed by atoms with Crippen LogP contribution in [-0.4, -0.2) is 31.4 Å². The Morgan fingerprint density at radius 1 is 1.20 bits per heavy atom. The number of halogens is 1. The molecule has 0 unspecified atom stereocenters. The number of thiazole rings is 1. The number of rotatable bonds is 7. The second-order valence-electron chi connectivity index (χ2n) is 7.64. The molecule has 0 saturated carbocycles. The number of esters is 1. The van der Waals surface area contributed by atoms with E-state index in [0.29, 0.717) is 32.1 Å². The highest BCUT2D eigenvalue weighted by Crippen LogP contribution is 2.36. The fourth-order valence-electron chi connectivity index (χ4n) is 3.88. The molecule has 1 atom stereocenters. The minimum absolute atomic E-state index is 0.0432. The van der Waals surface area contributed by atoms with E-state index < -0.39 is 12.0 Å². The van der Waals surface area contributed by atoms with Gasteiger partial charge in [0.05, 0.1) is 36.1 Å². The molecule has 0 bridgehead atoms. The van der Waals surface area contributed by atoms with E-state index in [1.54, 1.807) is 32.2 Å². The van der Waals surface area contributed by atoms with Crippen molar-refractivity contribution < 1.29 is 19.0 Å². The Morgan fingerprint density at radius 2 is 1.97 bits per heavy atom. The summed E-state index contributed by atoms with van der Waals surface area (Å²) in [7, 11) is 3.08. The molecular weight excluding hydrogens is 532 g/mol. The SMILES string of the molecule is C=CCOC(=O)C1=C(C)N=c2s/c(=C\c3cccc(Br)c3)c(=O)n2[C@H]1c1ccc(OC)c(OC)c1. The number of carbonyl (C=O) groups excluding carboxylic acids is 1. The van der Waals surface area contributed by atoms with Gasteiger partial charge in [0, 0.05) is 4.47 Å². The highest BCUT2D eigenvalue weighted by molar-refractivity contribution is 9.10. The van der Waals surface area contributed by atoms with Crippen LogP contribution in [0.1, 0.15) is 24.1 Å². The van der Waals surface area contributed by atoms with Gasteiger partial charge < -0.3 is 14.2 Å². The lowest BCUT2D eigenvalue weighted by molar-refractivity contribution is -0.138. The van der Waals surface area contributed by atoms with Crippen LogP contribution in [0.3, 0.4) is 0 Å². The lowest BCUT2D eigenvalue weighted by atomic mass is 9.95. The van der Waals surface area contributed by atoms with Gasteiger partial charge in [-0.1, -0.05) is 58.1 Å². The molecule has 35 heavy (non-hydrogen) atoms. The molecule has 4 rings (SSSR count). The van der Waals surface area contributed by atoms with Crippen molar-refractivity contribution in [2.75, 3.05) is 20.8 Å². The minimum atomic E-state index is -0.756.